The number of ketones is 1. The molecule has 0 unspecified atom stereocenters. The highest BCUT2D eigenvalue weighted by Gasteiger charge is 2.51. The van der Waals surface area contributed by atoms with Gasteiger partial charge in [-0.15, -0.1) is 0 Å². The van der Waals surface area contributed by atoms with Crippen molar-refractivity contribution in [3.63, 3.8) is 0 Å². The van der Waals surface area contributed by atoms with Gasteiger partial charge in [0.25, 0.3) is 0 Å². The van der Waals surface area contributed by atoms with Gasteiger partial charge in [0.05, 0.1) is 17.7 Å². The van der Waals surface area contributed by atoms with Crippen molar-refractivity contribution in [3.8, 4) is 22.8 Å². The van der Waals surface area contributed by atoms with Gasteiger partial charge >= 0.3 is 0 Å². The number of hydrogen-bond acceptors (Lipinski definition) is 5. The average molecular weight is 401 g/mol. The number of rotatable bonds is 6. The average Bonchev–Trinajstić information content (AvgIpc) is 3.46. The van der Waals surface area contributed by atoms with Crippen LogP contribution in [0.2, 0.25) is 0 Å². The summed E-state index contributed by atoms with van der Waals surface area (Å²) in [4.78, 5) is 18.1. The number of carbonyl (C=O) groups is 1. The van der Waals surface area contributed by atoms with Crippen LogP contribution in [0.1, 0.15) is 35.2 Å². The predicted octanol–water partition coefficient (Wildman–Crippen LogP) is 4.12. The normalized spacial score (nSPS) is 15.8. The van der Waals surface area contributed by atoms with E-state index in [-0.39, 0.29) is 19.2 Å². The van der Waals surface area contributed by atoms with Crippen LogP contribution in [0.3, 0.4) is 0 Å². The lowest BCUT2D eigenvalue weighted by Gasteiger charge is -2.16. The van der Waals surface area contributed by atoms with Crippen molar-refractivity contribution in [3.05, 3.63) is 77.0 Å². The van der Waals surface area contributed by atoms with E-state index in [0.29, 0.717) is 12.2 Å². The minimum absolute atomic E-state index is 0.0170. The molecule has 0 radical (unpaired) electrons. The Balaban J connectivity index is 1.39. The molecule has 0 amide bonds. The summed E-state index contributed by atoms with van der Waals surface area (Å²) in [6.07, 6.45) is 2.01. The summed E-state index contributed by atoms with van der Waals surface area (Å²) in [7, 11) is 0. The lowest BCUT2D eigenvalue weighted by atomic mass is 9.88. The Morgan fingerprint density at radius 3 is 2.53 bits per heavy atom. The van der Waals surface area contributed by atoms with Crippen molar-refractivity contribution in [2.75, 3.05) is 6.79 Å². The summed E-state index contributed by atoms with van der Waals surface area (Å²) >= 11 is 0. The largest absolute Gasteiger partial charge is 0.454 e. The maximum Gasteiger partial charge on any atom is 0.231 e. The van der Waals surface area contributed by atoms with Crippen LogP contribution in [0.5, 0.6) is 11.5 Å². The van der Waals surface area contributed by atoms with Crippen molar-refractivity contribution in [2.45, 2.75) is 38.2 Å². The molecule has 1 N–H and O–H groups in total. The minimum atomic E-state index is -0.434. The molecule has 0 atom stereocenters. The van der Waals surface area contributed by atoms with Gasteiger partial charge in [0.1, 0.15) is 5.78 Å². The summed E-state index contributed by atoms with van der Waals surface area (Å²) in [6, 6.07) is 17.5. The van der Waals surface area contributed by atoms with Gasteiger partial charge < -0.3 is 14.6 Å². The third-order valence-electron chi connectivity index (χ3n) is 6.12. The smallest absolute Gasteiger partial charge is 0.231 e. The second-order valence-electron chi connectivity index (χ2n) is 8.07. The Morgan fingerprint density at radius 2 is 1.80 bits per heavy atom. The molecule has 5 rings (SSSR count). The third-order valence-corrected chi connectivity index (χ3v) is 6.12. The van der Waals surface area contributed by atoms with Gasteiger partial charge in [-0.3, -0.25) is 9.78 Å². The highest BCUT2D eigenvalue weighted by molar-refractivity contribution is 5.94. The van der Waals surface area contributed by atoms with E-state index < -0.39 is 5.41 Å². The number of aromatic nitrogens is 1. The first-order valence-electron chi connectivity index (χ1n) is 10.2. The van der Waals surface area contributed by atoms with Crippen LogP contribution in [0.25, 0.3) is 11.3 Å². The molecule has 0 saturated heterocycles. The first-order valence-corrected chi connectivity index (χ1v) is 10.2. The van der Waals surface area contributed by atoms with Crippen LogP contribution >= 0.6 is 0 Å². The zero-order valence-corrected chi connectivity index (χ0v) is 16.9. The van der Waals surface area contributed by atoms with Gasteiger partial charge in [-0.2, -0.15) is 0 Å². The van der Waals surface area contributed by atoms with E-state index in [0.717, 1.165) is 52.2 Å². The number of carbonyl (C=O) groups excluding carboxylic acids is 1. The minimum Gasteiger partial charge on any atom is -0.454 e. The maximum absolute atomic E-state index is 13.3. The number of nitrogens with zero attached hydrogens (tertiary/aromatic N) is 1. The molecular formula is C25H23NO4. The molecule has 1 saturated carbocycles. The number of aliphatic hydroxyl groups is 1. The molecule has 0 spiro atoms. The lowest BCUT2D eigenvalue weighted by Crippen LogP contribution is -2.23. The van der Waals surface area contributed by atoms with Crippen molar-refractivity contribution in [1.29, 1.82) is 0 Å². The zero-order chi connectivity index (χ0) is 20.7. The predicted molar refractivity (Wildman–Crippen MR) is 113 cm³/mol. The van der Waals surface area contributed by atoms with E-state index in [1.54, 1.807) is 0 Å². The number of aliphatic hydroxyl groups excluding tert-OH is 1. The van der Waals surface area contributed by atoms with Crippen LogP contribution in [0, 0.1) is 6.92 Å². The molecule has 5 heteroatoms. The van der Waals surface area contributed by atoms with Gasteiger partial charge in [0.15, 0.2) is 11.5 Å². The second kappa shape index (κ2) is 7.26. The number of aryl methyl sites for hydroxylation is 1. The van der Waals surface area contributed by atoms with Crippen LogP contribution in [-0.4, -0.2) is 22.7 Å². The highest BCUT2D eigenvalue weighted by Crippen LogP contribution is 2.51. The molecule has 152 valence electrons. The summed E-state index contributed by atoms with van der Waals surface area (Å²) in [5.74, 6) is 1.65. The number of benzene rings is 2. The summed E-state index contributed by atoms with van der Waals surface area (Å²) in [5, 5.41) is 9.26. The van der Waals surface area contributed by atoms with Crippen LogP contribution in [0.15, 0.2) is 54.6 Å². The van der Waals surface area contributed by atoms with E-state index in [1.807, 2.05) is 61.5 Å². The zero-order valence-electron chi connectivity index (χ0n) is 16.9. The summed E-state index contributed by atoms with van der Waals surface area (Å²) in [6.45, 7) is 2.27. The Kier molecular flexibility index (Phi) is 4.55. The Bertz CT molecular complexity index is 1120. The van der Waals surface area contributed by atoms with Gasteiger partial charge in [0.2, 0.25) is 6.79 Å². The molecule has 2 aromatic carbocycles. The lowest BCUT2D eigenvalue weighted by molar-refractivity contribution is -0.120. The van der Waals surface area contributed by atoms with Crippen molar-refractivity contribution in [2.24, 2.45) is 0 Å². The molecule has 2 heterocycles. The number of fused-ring (bicyclic) bond motifs is 1. The molecule has 2 aliphatic rings. The van der Waals surface area contributed by atoms with E-state index in [9.17, 15) is 9.90 Å². The highest BCUT2D eigenvalue weighted by atomic mass is 16.7. The van der Waals surface area contributed by atoms with Gasteiger partial charge in [-0.1, -0.05) is 36.4 Å². The van der Waals surface area contributed by atoms with Gasteiger partial charge in [0, 0.05) is 17.7 Å². The molecule has 1 aliphatic heterocycles. The summed E-state index contributed by atoms with van der Waals surface area (Å²) < 4.78 is 10.9. The second-order valence-corrected chi connectivity index (χ2v) is 8.07. The summed E-state index contributed by atoms with van der Waals surface area (Å²) in [5.41, 5.74) is 5.12. The molecule has 1 aromatic heterocycles. The molecule has 1 aliphatic carbocycles. The molecule has 3 aromatic rings. The van der Waals surface area contributed by atoms with E-state index in [4.69, 9.17) is 14.5 Å². The number of ether oxygens (including phenoxy) is 2. The molecular weight excluding hydrogens is 378 g/mol. The van der Waals surface area contributed by atoms with Crippen LogP contribution < -0.4 is 9.47 Å². The topological polar surface area (TPSA) is 68.7 Å². The third kappa shape index (κ3) is 3.25. The van der Waals surface area contributed by atoms with E-state index >= 15 is 0 Å². The molecule has 0 bridgehead atoms. The fourth-order valence-corrected chi connectivity index (χ4v) is 4.11. The van der Waals surface area contributed by atoms with Crippen LogP contribution in [0.4, 0.5) is 0 Å². The Morgan fingerprint density at radius 1 is 1.03 bits per heavy atom. The van der Waals surface area contributed by atoms with Crippen molar-refractivity contribution >= 4 is 5.78 Å². The number of Topliss-reactive ketones (excluding diaryl/α,β-unsaturated/α-hetero) is 1. The SMILES string of the molecule is Cc1ccc(CC(=O)C2(c3ccc4c(c3)OCO4)CC2)nc1-c1ccc(CO)cc1. The monoisotopic (exact) mass is 401 g/mol. The molecule has 30 heavy (non-hydrogen) atoms. The molecule has 1 fully saturated rings. The van der Waals surface area contributed by atoms with E-state index in [2.05, 4.69) is 0 Å². The Labute approximate surface area is 175 Å². The van der Waals surface area contributed by atoms with Crippen molar-refractivity contribution < 1.29 is 19.4 Å². The Hall–Kier alpha value is -3.18. The quantitative estimate of drug-likeness (QED) is 0.673. The first kappa shape index (κ1) is 18.8. The first-order chi connectivity index (χ1) is 14.6. The van der Waals surface area contributed by atoms with Crippen LogP contribution in [-0.2, 0) is 23.2 Å². The fraction of sp³-hybridized carbons (Fsp3) is 0.280. The van der Waals surface area contributed by atoms with Gasteiger partial charge in [-0.05, 0) is 54.7 Å². The van der Waals surface area contributed by atoms with Crippen molar-refractivity contribution in [1.82, 2.24) is 4.98 Å². The number of pyridine rings is 1. The maximum atomic E-state index is 13.3. The molecule has 5 nitrogen and oxygen atoms in total. The van der Waals surface area contributed by atoms with E-state index in [1.165, 1.54) is 0 Å². The van der Waals surface area contributed by atoms with Gasteiger partial charge in [-0.25, -0.2) is 0 Å². The fourth-order valence-electron chi connectivity index (χ4n) is 4.11. The number of hydrogen-bond donors (Lipinski definition) is 1. The standard InChI is InChI=1S/C25H23NO4/c1-16-2-8-20(26-24(16)18-5-3-17(14-27)4-6-18)13-23(28)25(10-11-25)19-7-9-21-22(12-19)30-15-29-21/h2-9,12,27H,10-11,13-15H2,1H3.